The van der Waals surface area contributed by atoms with Crippen molar-refractivity contribution < 1.29 is 19.1 Å². The van der Waals surface area contributed by atoms with E-state index in [0.29, 0.717) is 16.5 Å². The third kappa shape index (κ3) is 5.11. The summed E-state index contributed by atoms with van der Waals surface area (Å²) in [5, 5.41) is 1.15. The number of esters is 1. The van der Waals surface area contributed by atoms with Crippen molar-refractivity contribution in [2.24, 2.45) is 5.92 Å². The number of carbonyl (C=O) groups is 2. The Labute approximate surface area is 204 Å². The van der Waals surface area contributed by atoms with Gasteiger partial charge in [0.05, 0.1) is 12.6 Å². The standard InChI is InChI=1S/C26H27Cl2NO4/c1-3-6-21-25(30)29(23(17-9-10-17)26(31)32-4-2)22(16-11-13-19(27)14-12-16)24(33-21)18-7-5-8-20(28)15-18/h3,5,7-8,11-15,17,21-24H,1,4,6,9-10H2,2H3/t21-,22+,23+,24-/m1/s1. The summed E-state index contributed by atoms with van der Waals surface area (Å²) in [7, 11) is 0. The van der Waals surface area contributed by atoms with Gasteiger partial charge >= 0.3 is 5.97 Å². The molecular weight excluding hydrogens is 461 g/mol. The Balaban J connectivity index is 1.87. The van der Waals surface area contributed by atoms with Crippen LogP contribution < -0.4 is 0 Å². The first-order valence-corrected chi connectivity index (χ1v) is 12.0. The average molecular weight is 488 g/mol. The van der Waals surface area contributed by atoms with Crippen molar-refractivity contribution in [2.45, 2.75) is 50.5 Å². The van der Waals surface area contributed by atoms with Crippen molar-refractivity contribution in [3.05, 3.63) is 82.4 Å². The maximum atomic E-state index is 13.8. The maximum Gasteiger partial charge on any atom is 0.329 e. The summed E-state index contributed by atoms with van der Waals surface area (Å²) in [5.41, 5.74) is 1.65. The molecule has 2 aromatic carbocycles. The highest BCUT2D eigenvalue weighted by atomic mass is 35.5. The molecule has 2 aliphatic rings. The van der Waals surface area contributed by atoms with Gasteiger partial charge < -0.3 is 14.4 Å². The molecule has 2 fully saturated rings. The Morgan fingerprint density at radius 1 is 1.18 bits per heavy atom. The quantitative estimate of drug-likeness (QED) is 0.342. The molecule has 4 atom stereocenters. The first-order chi connectivity index (χ1) is 15.9. The van der Waals surface area contributed by atoms with Crippen LogP contribution in [0.1, 0.15) is 49.5 Å². The fourth-order valence-corrected chi connectivity index (χ4v) is 4.81. The van der Waals surface area contributed by atoms with E-state index in [1.165, 1.54) is 0 Å². The predicted molar refractivity (Wildman–Crippen MR) is 128 cm³/mol. The molecule has 0 unspecified atom stereocenters. The van der Waals surface area contributed by atoms with Gasteiger partial charge in [-0.1, -0.05) is 53.5 Å². The van der Waals surface area contributed by atoms with Crippen molar-refractivity contribution in [3.63, 3.8) is 0 Å². The largest absolute Gasteiger partial charge is 0.464 e. The third-order valence-electron chi connectivity index (χ3n) is 6.09. The van der Waals surface area contributed by atoms with Crippen molar-refractivity contribution in [2.75, 3.05) is 6.61 Å². The number of carbonyl (C=O) groups excluding carboxylic acids is 2. The van der Waals surface area contributed by atoms with Gasteiger partial charge in [0.2, 0.25) is 0 Å². The third-order valence-corrected chi connectivity index (χ3v) is 6.58. The first-order valence-electron chi connectivity index (χ1n) is 11.2. The summed E-state index contributed by atoms with van der Waals surface area (Å²) >= 11 is 12.5. The highest BCUT2D eigenvalue weighted by molar-refractivity contribution is 6.30. The lowest BCUT2D eigenvalue weighted by Gasteiger charge is -2.47. The predicted octanol–water partition coefficient (Wildman–Crippen LogP) is 5.92. The van der Waals surface area contributed by atoms with Crippen LogP contribution in [0, 0.1) is 5.92 Å². The van der Waals surface area contributed by atoms with Gasteiger partial charge in [0, 0.05) is 16.5 Å². The Morgan fingerprint density at radius 3 is 2.52 bits per heavy atom. The Bertz CT molecular complexity index is 1020. The molecule has 0 aromatic heterocycles. The molecule has 7 heteroatoms. The number of morpholine rings is 1. The Kier molecular flexibility index (Phi) is 7.42. The topological polar surface area (TPSA) is 55.8 Å². The first kappa shape index (κ1) is 23.8. The monoisotopic (exact) mass is 487 g/mol. The number of rotatable bonds is 8. The van der Waals surface area contributed by atoms with Crippen molar-refractivity contribution in [1.29, 1.82) is 0 Å². The zero-order valence-electron chi connectivity index (χ0n) is 18.5. The molecule has 1 saturated carbocycles. The van der Waals surface area contributed by atoms with Crippen LogP contribution in [0.25, 0.3) is 0 Å². The molecule has 0 radical (unpaired) electrons. The van der Waals surface area contributed by atoms with Crippen molar-refractivity contribution in [1.82, 2.24) is 4.90 Å². The number of nitrogens with zero attached hydrogens (tertiary/aromatic N) is 1. The van der Waals surface area contributed by atoms with E-state index >= 15 is 0 Å². The summed E-state index contributed by atoms with van der Waals surface area (Å²) in [6, 6.07) is 13.5. The molecule has 1 aliphatic heterocycles. The fourth-order valence-electron chi connectivity index (χ4n) is 4.49. The lowest BCUT2D eigenvalue weighted by molar-refractivity contribution is -0.186. The summed E-state index contributed by atoms with van der Waals surface area (Å²) in [5.74, 6) is -0.556. The molecule has 1 heterocycles. The SMILES string of the molecule is C=CC[C@H]1O[C@H](c2cccc(Cl)c2)[C@H](c2ccc(Cl)cc2)N([C@H](C(=O)OCC)C2CC2)C1=O. The van der Waals surface area contributed by atoms with Gasteiger partial charge in [0.1, 0.15) is 18.2 Å². The second-order valence-corrected chi connectivity index (χ2v) is 9.27. The van der Waals surface area contributed by atoms with Gasteiger partial charge in [-0.05, 0) is 61.1 Å². The van der Waals surface area contributed by atoms with E-state index in [1.54, 1.807) is 36.1 Å². The van der Waals surface area contributed by atoms with Gasteiger partial charge in [-0.3, -0.25) is 4.79 Å². The minimum Gasteiger partial charge on any atom is -0.464 e. The molecule has 1 saturated heterocycles. The van der Waals surface area contributed by atoms with Crippen LogP contribution in [0.5, 0.6) is 0 Å². The molecule has 33 heavy (non-hydrogen) atoms. The second-order valence-electron chi connectivity index (χ2n) is 8.40. The minimum absolute atomic E-state index is 0.0605. The normalized spacial score (nSPS) is 23.8. The second kappa shape index (κ2) is 10.3. The molecule has 0 spiro atoms. The number of halogens is 2. The van der Waals surface area contributed by atoms with Crippen LogP contribution in [0.3, 0.4) is 0 Å². The zero-order chi connectivity index (χ0) is 23.5. The molecule has 0 N–H and O–H groups in total. The summed E-state index contributed by atoms with van der Waals surface area (Å²) in [6.45, 7) is 5.81. The Morgan fingerprint density at radius 2 is 1.91 bits per heavy atom. The van der Waals surface area contributed by atoms with Crippen molar-refractivity contribution >= 4 is 35.1 Å². The number of hydrogen-bond donors (Lipinski definition) is 0. The van der Waals surface area contributed by atoms with E-state index in [0.717, 1.165) is 24.0 Å². The molecule has 4 rings (SSSR count). The molecule has 174 valence electrons. The summed E-state index contributed by atoms with van der Waals surface area (Å²) in [6.07, 6.45) is 2.44. The summed E-state index contributed by atoms with van der Waals surface area (Å²) in [4.78, 5) is 28.6. The Hall–Kier alpha value is -2.34. The number of ether oxygens (including phenoxy) is 2. The summed E-state index contributed by atoms with van der Waals surface area (Å²) < 4.78 is 11.8. The van der Waals surface area contributed by atoms with Crippen molar-refractivity contribution in [3.8, 4) is 0 Å². The number of amides is 1. The van der Waals surface area contributed by atoms with Gasteiger partial charge in [-0.25, -0.2) is 4.79 Å². The molecular formula is C26H27Cl2NO4. The molecule has 1 aliphatic carbocycles. The highest BCUT2D eigenvalue weighted by Crippen LogP contribution is 2.48. The fraction of sp³-hybridized carbons (Fsp3) is 0.385. The lowest BCUT2D eigenvalue weighted by Crippen LogP contribution is -2.57. The number of hydrogen-bond acceptors (Lipinski definition) is 4. The molecule has 2 aromatic rings. The van der Waals surface area contributed by atoms with E-state index in [1.807, 2.05) is 30.3 Å². The molecule has 0 bridgehead atoms. The van der Waals surface area contributed by atoms with Crippen LogP contribution in [0.15, 0.2) is 61.2 Å². The zero-order valence-corrected chi connectivity index (χ0v) is 20.0. The van der Waals surface area contributed by atoms with E-state index in [-0.39, 0.29) is 24.4 Å². The van der Waals surface area contributed by atoms with E-state index in [4.69, 9.17) is 32.7 Å². The van der Waals surface area contributed by atoms with Crippen LogP contribution in [-0.2, 0) is 19.1 Å². The lowest BCUT2D eigenvalue weighted by atomic mass is 9.89. The van der Waals surface area contributed by atoms with Gasteiger partial charge in [0.15, 0.2) is 0 Å². The van der Waals surface area contributed by atoms with Gasteiger partial charge in [-0.2, -0.15) is 0 Å². The molecule has 1 amide bonds. The van der Waals surface area contributed by atoms with E-state index in [9.17, 15) is 9.59 Å². The molecule has 5 nitrogen and oxygen atoms in total. The average Bonchev–Trinajstić information content (AvgIpc) is 3.62. The van der Waals surface area contributed by atoms with Crippen LogP contribution >= 0.6 is 23.2 Å². The van der Waals surface area contributed by atoms with Crippen LogP contribution in [0.2, 0.25) is 10.0 Å². The van der Waals surface area contributed by atoms with Gasteiger partial charge in [0.25, 0.3) is 5.91 Å². The smallest absolute Gasteiger partial charge is 0.329 e. The minimum atomic E-state index is -0.759. The highest BCUT2D eigenvalue weighted by Gasteiger charge is 2.52. The van der Waals surface area contributed by atoms with Crippen LogP contribution in [0.4, 0.5) is 0 Å². The van der Waals surface area contributed by atoms with Crippen LogP contribution in [-0.4, -0.2) is 35.5 Å². The number of benzene rings is 2. The van der Waals surface area contributed by atoms with E-state index < -0.39 is 24.3 Å². The maximum absolute atomic E-state index is 13.8. The van der Waals surface area contributed by atoms with E-state index in [2.05, 4.69) is 6.58 Å². The van der Waals surface area contributed by atoms with Gasteiger partial charge in [-0.15, -0.1) is 6.58 Å².